The molecule has 2 N–H and O–H groups in total. The van der Waals surface area contributed by atoms with Gasteiger partial charge in [-0.2, -0.15) is 0 Å². The molecule has 3 saturated heterocycles. The van der Waals surface area contributed by atoms with Crippen LogP contribution in [0.1, 0.15) is 84.5 Å². The summed E-state index contributed by atoms with van der Waals surface area (Å²) in [6.07, 6.45) is 13.5. The predicted molar refractivity (Wildman–Crippen MR) is 124 cm³/mol. The van der Waals surface area contributed by atoms with E-state index in [1.165, 1.54) is 63.7 Å². The van der Waals surface area contributed by atoms with Gasteiger partial charge in [-0.05, 0) is 77.0 Å². The molecule has 5 unspecified atom stereocenters. The topological polar surface area (TPSA) is 53.6 Å². The Labute approximate surface area is 188 Å². The van der Waals surface area contributed by atoms with E-state index in [2.05, 4.69) is 40.7 Å². The van der Waals surface area contributed by atoms with Crippen molar-refractivity contribution >= 4 is 17.9 Å². The molecule has 172 valence electrons. The third-order valence-corrected chi connectivity index (χ3v) is 9.05. The van der Waals surface area contributed by atoms with Gasteiger partial charge in [-0.25, -0.2) is 4.31 Å². The number of amides is 1. The highest BCUT2D eigenvalue weighted by atomic mass is 32.2. The van der Waals surface area contributed by atoms with Crippen molar-refractivity contribution < 1.29 is 9.53 Å². The first-order chi connectivity index (χ1) is 14.6. The number of carbonyl (C=O) groups is 1. The van der Waals surface area contributed by atoms with E-state index in [0.717, 1.165) is 19.4 Å². The summed E-state index contributed by atoms with van der Waals surface area (Å²) >= 11 is 2.08. The van der Waals surface area contributed by atoms with Crippen molar-refractivity contribution in [2.45, 2.75) is 115 Å². The molecule has 0 aromatic carbocycles. The fourth-order valence-electron chi connectivity index (χ4n) is 6.33. The lowest BCUT2D eigenvalue weighted by Gasteiger charge is -2.39. The fraction of sp³-hybridized carbons (Fsp3) is 0.958. The van der Waals surface area contributed by atoms with Crippen LogP contribution in [0.4, 0.5) is 0 Å². The SMILES string of the molecule is CC1CC(CC(=O)NC2CCCC[C@@H]2CCC2CN[C@@H]3CCCSN2C3)CC(C)O1. The number of nitrogens with zero attached hydrogens (tertiary/aromatic N) is 1. The first kappa shape index (κ1) is 22.9. The Balaban J connectivity index is 1.25. The molecule has 1 amide bonds. The summed E-state index contributed by atoms with van der Waals surface area (Å²) in [5, 5.41) is 7.26. The molecule has 6 heteroatoms. The minimum absolute atomic E-state index is 0.281. The van der Waals surface area contributed by atoms with Crippen molar-refractivity contribution in [3.05, 3.63) is 0 Å². The van der Waals surface area contributed by atoms with Crippen LogP contribution in [0, 0.1) is 11.8 Å². The molecule has 1 aliphatic carbocycles. The second kappa shape index (κ2) is 11.0. The van der Waals surface area contributed by atoms with Gasteiger partial charge in [-0.15, -0.1) is 0 Å². The quantitative estimate of drug-likeness (QED) is 0.612. The zero-order valence-electron chi connectivity index (χ0n) is 19.1. The molecule has 2 bridgehead atoms. The minimum Gasteiger partial charge on any atom is -0.376 e. The highest BCUT2D eigenvalue weighted by Gasteiger charge is 2.33. The molecule has 30 heavy (non-hydrogen) atoms. The molecular formula is C24H43N3O2S. The number of ether oxygens (including phenoxy) is 1. The lowest BCUT2D eigenvalue weighted by Crippen LogP contribution is -2.53. The van der Waals surface area contributed by atoms with Crippen molar-refractivity contribution in [1.82, 2.24) is 14.9 Å². The number of nitrogens with one attached hydrogen (secondary N) is 2. The van der Waals surface area contributed by atoms with Gasteiger partial charge in [0.05, 0.1) is 12.2 Å². The molecule has 1 saturated carbocycles. The number of fused-ring (bicyclic) bond motifs is 2. The number of hydrogen-bond acceptors (Lipinski definition) is 5. The minimum atomic E-state index is 0.281. The fourth-order valence-corrected chi connectivity index (χ4v) is 7.54. The molecule has 0 radical (unpaired) electrons. The third-order valence-electron chi connectivity index (χ3n) is 7.80. The highest BCUT2D eigenvalue weighted by Crippen LogP contribution is 2.33. The molecule has 4 rings (SSSR count). The number of hydrogen-bond donors (Lipinski definition) is 2. The van der Waals surface area contributed by atoms with Crippen LogP contribution in [0.5, 0.6) is 0 Å². The van der Waals surface area contributed by atoms with Crippen LogP contribution in [0.25, 0.3) is 0 Å². The van der Waals surface area contributed by atoms with Gasteiger partial charge in [0.15, 0.2) is 0 Å². The van der Waals surface area contributed by atoms with Gasteiger partial charge in [-0.1, -0.05) is 24.8 Å². The molecule has 0 aromatic rings. The number of piperazine rings is 1. The molecule has 3 heterocycles. The average Bonchev–Trinajstić information content (AvgIpc) is 2.89. The Morgan fingerprint density at radius 2 is 1.90 bits per heavy atom. The van der Waals surface area contributed by atoms with Crippen LogP contribution < -0.4 is 10.6 Å². The normalized spacial score (nSPS) is 42.3. The summed E-state index contributed by atoms with van der Waals surface area (Å²) in [6, 6.07) is 1.75. The van der Waals surface area contributed by atoms with Crippen LogP contribution in [-0.4, -0.2) is 59.4 Å². The molecular weight excluding hydrogens is 394 g/mol. The summed E-state index contributed by atoms with van der Waals surface area (Å²) in [7, 11) is 0. The summed E-state index contributed by atoms with van der Waals surface area (Å²) in [5.41, 5.74) is 0. The lowest BCUT2D eigenvalue weighted by atomic mass is 9.80. The maximum Gasteiger partial charge on any atom is 0.220 e. The molecule has 4 fully saturated rings. The first-order valence-electron chi connectivity index (χ1n) is 12.6. The van der Waals surface area contributed by atoms with E-state index < -0.39 is 0 Å². The monoisotopic (exact) mass is 437 g/mol. The van der Waals surface area contributed by atoms with Crippen LogP contribution in [0.2, 0.25) is 0 Å². The molecule has 3 aliphatic heterocycles. The molecule has 0 aromatic heterocycles. The predicted octanol–water partition coefficient (Wildman–Crippen LogP) is 4.12. The second-order valence-electron chi connectivity index (χ2n) is 10.4. The Morgan fingerprint density at radius 3 is 2.73 bits per heavy atom. The summed E-state index contributed by atoms with van der Waals surface area (Å²) in [6.45, 7) is 6.63. The number of carbonyl (C=O) groups excluding carboxylic acids is 1. The van der Waals surface area contributed by atoms with E-state index in [9.17, 15) is 4.79 Å². The summed E-state index contributed by atoms with van der Waals surface area (Å²) in [4.78, 5) is 12.9. The van der Waals surface area contributed by atoms with E-state index in [1.54, 1.807) is 0 Å². The molecule has 0 spiro atoms. The number of rotatable bonds is 6. The Bertz CT molecular complexity index is 553. The lowest BCUT2D eigenvalue weighted by molar-refractivity contribution is -0.125. The summed E-state index contributed by atoms with van der Waals surface area (Å²) < 4.78 is 8.53. The molecule has 5 nitrogen and oxygen atoms in total. The van der Waals surface area contributed by atoms with E-state index in [-0.39, 0.29) is 18.1 Å². The van der Waals surface area contributed by atoms with Gasteiger partial charge >= 0.3 is 0 Å². The van der Waals surface area contributed by atoms with E-state index in [4.69, 9.17) is 4.74 Å². The Morgan fingerprint density at radius 1 is 1.10 bits per heavy atom. The van der Waals surface area contributed by atoms with E-state index in [0.29, 0.717) is 36.4 Å². The van der Waals surface area contributed by atoms with Gasteiger partial charge in [0.25, 0.3) is 0 Å². The van der Waals surface area contributed by atoms with Gasteiger partial charge in [0.2, 0.25) is 5.91 Å². The summed E-state index contributed by atoms with van der Waals surface area (Å²) in [5.74, 6) is 2.70. The van der Waals surface area contributed by atoms with Crippen LogP contribution in [-0.2, 0) is 9.53 Å². The Hall–Kier alpha value is -0.300. The van der Waals surface area contributed by atoms with Crippen molar-refractivity contribution in [3.63, 3.8) is 0 Å². The van der Waals surface area contributed by atoms with Gasteiger partial charge in [0, 0.05) is 43.4 Å². The van der Waals surface area contributed by atoms with Crippen molar-refractivity contribution in [3.8, 4) is 0 Å². The maximum atomic E-state index is 12.9. The highest BCUT2D eigenvalue weighted by molar-refractivity contribution is 7.97. The van der Waals surface area contributed by atoms with E-state index in [1.807, 2.05) is 0 Å². The Kier molecular flexibility index (Phi) is 8.40. The largest absolute Gasteiger partial charge is 0.376 e. The maximum absolute atomic E-state index is 12.9. The van der Waals surface area contributed by atoms with Crippen molar-refractivity contribution in [1.29, 1.82) is 0 Å². The van der Waals surface area contributed by atoms with Crippen molar-refractivity contribution in [2.24, 2.45) is 11.8 Å². The zero-order valence-corrected chi connectivity index (χ0v) is 19.9. The zero-order chi connectivity index (χ0) is 20.9. The molecule has 4 aliphatic rings. The van der Waals surface area contributed by atoms with Gasteiger partial charge in [-0.3, -0.25) is 4.79 Å². The van der Waals surface area contributed by atoms with Gasteiger partial charge in [0.1, 0.15) is 0 Å². The van der Waals surface area contributed by atoms with Crippen LogP contribution in [0.3, 0.4) is 0 Å². The van der Waals surface area contributed by atoms with E-state index >= 15 is 0 Å². The smallest absolute Gasteiger partial charge is 0.220 e. The van der Waals surface area contributed by atoms with Crippen molar-refractivity contribution in [2.75, 3.05) is 18.8 Å². The third kappa shape index (κ3) is 6.36. The van der Waals surface area contributed by atoms with Crippen LogP contribution in [0.15, 0.2) is 0 Å². The van der Waals surface area contributed by atoms with Gasteiger partial charge < -0.3 is 15.4 Å². The first-order valence-corrected chi connectivity index (χ1v) is 13.6. The second-order valence-corrected chi connectivity index (χ2v) is 11.6. The van der Waals surface area contributed by atoms with Crippen LogP contribution >= 0.6 is 11.9 Å². The average molecular weight is 438 g/mol. The molecule has 7 atom stereocenters. The standard InChI is InChI=1S/C24H43N3O2S/c1-17-12-19(13-18(2)29-17)14-24(28)26-23-8-4-3-6-20(23)9-10-22-15-25-21-7-5-11-30-27(22)16-21/h17-23,25H,3-16H2,1-2H3,(H,26,28)/t17?,18?,19?,20-,21-,22?,23?/m1/s1.